The van der Waals surface area contributed by atoms with Gasteiger partial charge in [0.25, 0.3) is 0 Å². The maximum atomic E-state index is 14.8. The molecule has 0 bridgehead atoms. The Morgan fingerprint density at radius 3 is 2.38 bits per heavy atom. The number of ether oxygens (including phenoxy) is 5. The van der Waals surface area contributed by atoms with Gasteiger partial charge in [-0.15, -0.1) is 0 Å². The minimum absolute atomic E-state index is 0.132. The van der Waals surface area contributed by atoms with Gasteiger partial charge in [0.15, 0.2) is 17.7 Å². The molecule has 1 N–H and O–H groups in total. The average Bonchev–Trinajstić information content (AvgIpc) is 3.81. The van der Waals surface area contributed by atoms with Crippen LogP contribution >= 0.6 is 0 Å². The molecule has 334 valence electrons. The Kier molecular flexibility index (Phi) is 15.7. The fourth-order valence-electron chi connectivity index (χ4n) is 9.87. The van der Waals surface area contributed by atoms with Crippen LogP contribution in [0.1, 0.15) is 101 Å². The molecule has 2 aromatic heterocycles. The molecule has 15 nitrogen and oxygen atoms in total. The number of Topliss-reactive ketones (excluding diaryl/α,β-unsaturated/α-hetero) is 2. The first kappa shape index (κ1) is 47.3. The lowest BCUT2D eigenvalue weighted by molar-refractivity contribution is -0.296. The van der Waals surface area contributed by atoms with E-state index in [0.29, 0.717) is 32.4 Å². The summed E-state index contributed by atoms with van der Waals surface area (Å²) in [6.45, 7) is 17.8. The van der Waals surface area contributed by atoms with Crippen molar-refractivity contribution in [3.8, 4) is 11.3 Å². The van der Waals surface area contributed by atoms with E-state index >= 15 is 0 Å². The third-order valence-electron chi connectivity index (χ3n) is 13.3. The summed E-state index contributed by atoms with van der Waals surface area (Å²) in [7, 11) is 3.46. The molecular weight excluding hydrogens is 771 g/mol. The van der Waals surface area contributed by atoms with Gasteiger partial charge in [-0.1, -0.05) is 34.6 Å². The number of aromatic nitrogens is 3. The maximum Gasteiger partial charge on any atom is 0.410 e. The Labute approximate surface area is 355 Å². The van der Waals surface area contributed by atoms with Crippen LogP contribution in [0.4, 0.5) is 4.79 Å². The highest BCUT2D eigenvalue weighted by Crippen LogP contribution is 2.43. The van der Waals surface area contributed by atoms with E-state index in [-0.39, 0.29) is 30.8 Å². The van der Waals surface area contributed by atoms with Crippen LogP contribution in [0.2, 0.25) is 0 Å². The highest BCUT2D eigenvalue weighted by molar-refractivity contribution is 6.00. The average molecular weight is 840 g/mol. The van der Waals surface area contributed by atoms with E-state index in [2.05, 4.69) is 21.8 Å². The number of hydrogen-bond donors (Lipinski definition) is 1. The van der Waals surface area contributed by atoms with E-state index in [1.807, 2.05) is 50.7 Å². The molecule has 13 atom stereocenters. The molecular formula is C45H69N5O10. The number of pyridine rings is 1. The molecule has 2 aromatic rings. The molecule has 0 unspecified atom stereocenters. The zero-order valence-electron chi connectivity index (χ0n) is 37.5. The first-order chi connectivity index (χ1) is 28.4. The predicted molar refractivity (Wildman–Crippen MR) is 223 cm³/mol. The van der Waals surface area contributed by atoms with Crippen molar-refractivity contribution in [1.82, 2.24) is 24.3 Å². The number of unbranched alkanes of at least 4 members (excludes halogenated alkanes) is 1. The van der Waals surface area contributed by atoms with Gasteiger partial charge in [-0.2, -0.15) is 0 Å². The van der Waals surface area contributed by atoms with Crippen LogP contribution in [-0.2, 0) is 44.6 Å². The number of aryl methyl sites for hydroxylation is 1. The topological polar surface area (TPSA) is 172 Å². The molecule has 5 heterocycles. The van der Waals surface area contributed by atoms with E-state index in [4.69, 9.17) is 23.7 Å². The first-order valence-corrected chi connectivity index (χ1v) is 21.8. The number of cyclic esters (lactones) is 1. The predicted octanol–water partition coefficient (Wildman–Crippen LogP) is 5.71. The largest absolute Gasteiger partial charge is 0.458 e. The second-order valence-corrected chi connectivity index (χ2v) is 17.8. The van der Waals surface area contributed by atoms with Gasteiger partial charge in [0.1, 0.15) is 23.9 Å². The Hall–Kier alpha value is -3.76. The van der Waals surface area contributed by atoms with E-state index in [0.717, 1.165) is 24.2 Å². The third kappa shape index (κ3) is 9.96. The van der Waals surface area contributed by atoms with Crippen LogP contribution in [0.25, 0.3) is 11.3 Å². The smallest absolute Gasteiger partial charge is 0.410 e. The Morgan fingerprint density at radius 2 is 1.73 bits per heavy atom. The standard InChI is InChI=1S/C45H69N5O10/c1-12-19-48(10)34-22-28(4)57-42(38(34)53)59-40-30(6)37(52)31(7)41(54)58-35(13-2)45(9)39(29(5)36(51)27(3)23-44(40,8)56-11)50(43(55)60-45)21-15-14-20-49-25-33(47-26-49)32-17-16-18-46-24-32/h16-18,24-31,34-35,38-40,42,53H,12-15,19-23H2,1-11H3/t27-,28-,29+,30+,31-,34+,35-,38-,39-,40-,42+,44-,45-/m1/s1. The number of aliphatic hydroxyl groups is 1. The molecule has 0 radical (unpaired) electrons. The molecule has 60 heavy (non-hydrogen) atoms. The summed E-state index contributed by atoms with van der Waals surface area (Å²) in [6.07, 6.45) is 5.39. The lowest BCUT2D eigenvalue weighted by Crippen LogP contribution is -2.60. The number of carbonyl (C=O) groups is 4. The van der Waals surface area contributed by atoms with Crippen LogP contribution in [-0.4, -0.2) is 134 Å². The van der Waals surface area contributed by atoms with Gasteiger partial charge in [0.05, 0.1) is 35.9 Å². The quantitative estimate of drug-likeness (QED) is 0.148. The number of likely N-dealkylation sites (N-methyl/N-ethyl adjacent to an activating group) is 1. The number of nitrogens with zero attached hydrogens (tertiary/aromatic N) is 5. The van der Waals surface area contributed by atoms with Crippen LogP contribution in [0.5, 0.6) is 0 Å². The van der Waals surface area contributed by atoms with Gasteiger partial charge < -0.3 is 43.2 Å². The molecule has 3 fully saturated rings. The second-order valence-electron chi connectivity index (χ2n) is 17.8. The highest BCUT2D eigenvalue weighted by atomic mass is 16.7. The van der Waals surface area contributed by atoms with Crippen LogP contribution in [0.3, 0.4) is 0 Å². The van der Waals surface area contributed by atoms with Gasteiger partial charge in [0.2, 0.25) is 0 Å². The van der Waals surface area contributed by atoms with Crippen molar-refractivity contribution in [3.05, 3.63) is 37.1 Å². The summed E-state index contributed by atoms with van der Waals surface area (Å²) >= 11 is 0. The molecule has 0 spiro atoms. The summed E-state index contributed by atoms with van der Waals surface area (Å²) in [5, 5.41) is 11.7. The van der Waals surface area contributed by atoms with Crippen molar-refractivity contribution >= 4 is 23.6 Å². The van der Waals surface area contributed by atoms with Gasteiger partial charge in [-0.25, -0.2) is 9.78 Å². The second kappa shape index (κ2) is 20.0. The van der Waals surface area contributed by atoms with Gasteiger partial charge in [0, 0.05) is 68.1 Å². The van der Waals surface area contributed by atoms with Crippen molar-refractivity contribution in [2.24, 2.45) is 23.7 Å². The van der Waals surface area contributed by atoms with Gasteiger partial charge >= 0.3 is 12.1 Å². The summed E-state index contributed by atoms with van der Waals surface area (Å²) in [5.74, 6) is -4.94. The maximum absolute atomic E-state index is 14.8. The van der Waals surface area contributed by atoms with Crippen molar-refractivity contribution in [2.75, 3.05) is 27.2 Å². The van der Waals surface area contributed by atoms with E-state index in [1.54, 1.807) is 51.3 Å². The Morgan fingerprint density at radius 1 is 1.02 bits per heavy atom. The molecule has 0 aromatic carbocycles. The fraction of sp³-hybridized carbons (Fsp3) is 0.733. The molecule has 3 aliphatic heterocycles. The molecule has 0 aliphatic carbocycles. The van der Waals surface area contributed by atoms with Crippen LogP contribution in [0, 0.1) is 23.7 Å². The van der Waals surface area contributed by atoms with Gasteiger partial charge in [-0.05, 0) is 91.9 Å². The molecule has 3 saturated heterocycles. The lowest BCUT2D eigenvalue weighted by atomic mass is 9.73. The van der Waals surface area contributed by atoms with E-state index in [1.165, 1.54) is 14.0 Å². The Bertz CT molecular complexity index is 1780. The molecule has 3 aliphatic rings. The summed E-state index contributed by atoms with van der Waals surface area (Å²) < 4.78 is 33.4. The minimum atomic E-state index is -1.40. The Balaban J connectivity index is 1.43. The number of hydrogen-bond acceptors (Lipinski definition) is 13. The van der Waals surface area contributed by atoms with Crippen molar-refractivity contribution < 1.29 is 48.0 Å². The summed E-state index contributed by atoms with van der Waals surface area (Å²) in [5.41, 5.74) is -0.941. The SMILES string of the molecule is CCCN(C)[C@H]1C[C@@H](C)O[C@@H](O[C@@H]2[C@@H](C)C(=O)[C@@H](C)C(=O)O[C@H](CC)[C@@]3(C)OC(=O)N(CCCCn4cnc(-c5cccnc5)c4)[C@@H]3[C@@H](C)C(=O)[C@H](C)C[C@@]2(C)OC)[C@@H]1O. The number of ketones is 2. The highest BCUT2D eigenvalue weighted by Gasteiger charge is 2.60. The lowest BCUT2D eigenvalue weighted by Gasteiger charge is -2.47. The summed E-state index contributed by atoms with van der Waals surface area (Å²) in [6, 6.07) is 2.76. The number of esters is 1. The number of fused-ring (bicyclic) bond motifs is 1. The molecule has 15 heteroatoms. The minimum Gasteiger partial charge on any atom is -0.458 e. The number of aliphatic hydroxyl groups excluding tert-OH is 1. The van der Waals surface area contributed by atoms with E-state index < -0.39 is 83.4 Å². The van der Waals surface area contributed by atoms with Crippen molar-refractivity contribution in [1.29, 1.82) is 0 Å². The van der Waals surface area contributed by atoms with Gasteiger partial charge in [-0.3, -0.25) is 19.4 Å². The zero-order valence-corrected chi connectivity index (χ0v) is 37.5. The monoisotopic (exact) mass is 840 g/mol. The normalized spacial score (nSPS) is 35.9. The summed E-state index contributed by atoms with van der Waals surface area (Å²) in [4.78, 5) is 69.5. The van der Waals surface area contributed by atoms with Crippen LogP contribution in [0.15, 0.2) is 37.1 Å². The number of methoxy groups -OCH3 is 1. The number of imidazole rings is 1. The van der Waals surface area contributed by atoms with Crippen LogP contribution < -0.4 is 0 Å². The number of rotatable bonds is 13. The zero-order chi connectivity index (χ0) is 44.1. The third-order valence-corrected chi connectivity index (χ3v) is 13.3. The molecule has 5 rings (SSSR count). The van der Waals surface area contributed by atoms with Crippen molar-refractivity contribution in [2.45, 2.75) is 161 Å². The first-order valence-electron chi connectivity index (χ1n) is 21.8. The van der Waals surface area contributed by atoms with E-state index in [9.17, 15) is 24.3 Å². The molecule has 0 saturated carbocycles. The number of carbonyl (C=O) groups excluding carboxylic acids is 4. The fourth-order valence-corrected chi connectivity index (χ4v) is 9.87. The number of amides is 1. The van der Waals surface area contributed by atoms with Crippen molar-refractivity contribution in [3.63, 3.8) is 0 Å². The molecule has 1 amide bonds.